The third kappa shape index (κ3) is 5.01. The number of hydrogen-bond donors (Lipinski definition) is 1. The highest BCUT2D eigenvalue weighted by atomic mass is 19.1. The molecule has 35 heavy (non-hydrogen) atoms. The van der Waals surface area contributed by atoms with Gasteiger partial charge >= 0.3 is 5.97 Å². The number of amides is 1. The summed E-state index contributed by atoms with van der Waals surface area (Å²) in [5, 5.41) is 7.16. The maximum atomic E-state index is 13.6. The van der Waals surface area contributed by atoms with E-state index in [0.717, 1.165) is 0 Å². The summed E-state index contributed by atoms with van der Waals surface area (Å²) >= 11 is 0. The molecule has 0 saturated carbocycles. The van der Waals surface area contributed by atoms with Crippen LogP contribution in [0.1, 0.15) is 32.4 Å². The number of halogens is 1. The van der Waals surface area contributed by atoms with Gasteiger partial charge in [-0.1, -0.05) is 12.1 Å². The van der Waals surface area contributed by atoms with Crippen LogP contribution in [0.25, 0.3) is 0 Å². The quantitative estimate of drug-likeness (QED) is 0.492. The normalized spacial score (nSPS) is 15.0. The number of benzene rings is 2. The lowest BCUT2D eigenvalue weighted by Crippen LogP contribution is -2.40. The summed E-state index contributed by atoms with van der Waals surface area (Å²) < 4.78 is 25.9. The van der Waals surface area contributed by atoms with Crippen molar-refractivity contribution in [1.82, 2.24) is 14.8 Å². The lowest BCUT2D eigenvalue weighted by atomic mass is 9.95. The van der Waals surface area contributed by atoms with Gasteiger partial charge < -0.3 is 19.7 Å². The second-order valence-corrected chi connectivity index (χ2v) is 7.77. The molecule has 0 saturated heterocycles. The summed E-state index contributed by atoms with van der Waals surface area (Å²) in [7, 11) is 0. The van der Waals surface area contributed by atoms with Crippen LogP contribution in [0, 0.1) is 5.82 Å². The Hall–Kier alpha value is -4.21. The lowest BCUT2D eigenvalue weighted by molar-refractivity contribution is -0.139. The van der Waals surface area contributed by atoms with Crippen LogP contribution in [0.15, 0.2) is 66.1 Å². The Kier molecular flexibility index (Phi) is 7.09. The van der Waals surface area contributed by atoms with Crippen molar-refractivity contribution in [3.63, 3.8) is 0 Å². The summed E-state index contributed by atoms with van der Waals surface area (Å²) in [5.74, 6) is -0.163. The number of allylic oxidation sites excluding steroid dienone is 1. The maximum Gasteiger partial charge on any atom is 0.338 e. The molecule has 9 nitrogen and oxygen atoms in total. The smallest absolute Gasteiger partial charge is 0.338 e. The van der Waals surface area contributed by atoms with Crippen LogP contribution in [-0.4, -0.2) is 46.4 Å². The first-order valence-corrected chi connectivity index (χ1v) is 11.3. The van der Waals surface area contributed by atoms with Crippen molar-refractivity contribution < 1.29 is 23.5 Å². The van der Waals surface area contributed by atoms with E-state index >= 15 is 0 Å². The summed E-state index contributed by atoms with van der Waals surface area (Å²) in [5.41, 5.74) is 2.04. The van der Waals surface area contributed by atoms with Crippen molar-refractivity contribution in [2.45, 2.75) is 26.8 Å². The highest BCUT2D eigenvalue weighted by Crippen LogP contribution is 2.38. The molecule has 4 rings (SSSR count). The fourth-order valence-electron chi connectivity index (χ4n) is 3.99. The van der Waals surface area contributed by atoms with Crippen LogP contribution >= 0.6 is 0 Å². The Morgan fingerprint density at radius 2 is 1.77 bits per heavy atom. The second-order valence-electron chi connectivity index (χ2n) is 7.77. The summed E-state index contributed by atoms with van der Waals surface area (Å²) in [4.78, 5) is 31.9. The number of carbonyl (C=O) groups is 2. The van der Waals surface area contributed by atoms with Gasteiger partial charge in [-0.3, -0.25) is 4.79 Å². The Balaban J connectivity index is 1.66. The molecule has 1 atom stereocenters. The number of rotatable bonds is 8. The van der Waals surface area contributed by atoms with Crippen molar-refractivity contribution in [3.05, 3.63) is 77.5 Å². The molecule has 0 bridgehead atoms. The monoisotopic (exact) mass is 479 g/mol. The number of fused-ring (bicyclic) bond motifs is 1. The van der Waals surface area contributed by atoms with E-state index in [9.17, 15) is 14.0 Å². The van der Waals surface area contributed by atoms with Gasteiger partial charge in [-0.2, -0.15) is 10.1 Å². The minimum Gasteiger partial charge on any atom is -0.494 e. The number of hydrogen-bond acceptors (Lipinski definition) is 7. The fraction of sp³-hybridized carbons (Fsp3) is 0.280. The third-order valence-electron chi connectivity index (χ3n) is 5.54. The summed E-state index contributed by atoms with van der Waals surface area (Å²) in [6.45, 7) is 5.95. The number of carbonyl (C=O) groups excluding carboxylic acids is 2. The summed E-state index contributed by atoms with van der Waals surface area (Å²) in [6, 6.07) is 12.2. The van der Waals surface area contributed by atoms with Crippen LogP contribution in [0.3, 0.4) is 0 Å². The molecular weight excluding hydrogens is 453 g/mol. The molecule has 10 heteroatoms. The van der Waals surface area contributed by atoms with E-state index in [-0.39, 0.29) is 19.1 Å². The Bertz CT molecular complexity index is 1240. The molecule has 0 aliphatic carbocycles. The van der Waals surface area contributed by atoms with E-state index in [4.69, 9.17) is 9.47 Å². The molecular formula is C25H26FN5O4. The van der Waals surface area contributed by atoms with Gasteiger partial charge in [0.1, 0.15) is 30.5 Å². The van der Waals surface area contributed by atoms with Gasteiger partial charge in [-0.15, -0.1) is 0 Å². The fourth-order valence-corrected chi connectivity index (χ4v) is 3.99. The molecule has 1 amide bonds. The van der Waals surface area contributed by atoms with E-state index < -0.39 is 17.8 Å². The molecule has 0 spiro atoms. The molecule has 1 aliphatic rings. The molecule has 1 N–H and O–H groups in total. The number of ether oxygens (including phenoxy) is 2. The van der Waals surface area contributed by atoms with Crippen molar-refractivity contribution in [2.24, 2.45) is 0 Å². The maximum absolute atomic E-state index is 13.6. The van der Waals surface area contributed by atoms with E-state index in [1.165, 1.54) is 23.1 Å². The average molecular weight is 480 g/mol. The van der Waals surface area contributed by atoms with Crippen molar-refractivity contribution in [2.75, 3.05) is 30.0 Å². The van der Waals surface area contributed by atoms with E-state index in [2.05, 4.69) is 15.4 Å². The second kappa shape index (κ2) is 10.4. The van der Waals surface area contributed by atoms with Gasteiger partial charge in [-0.05, 0) is 62.7 Å². The van der Waals surface area contributed by atoms with Crippen LogP contribution in [0.5, 0.6) is 5.75 Å². The van der Waals surface area contributed by atoms with Gasteiger partial charge in [-0.25, -0.2) is 13.9 Å². The van der Waals surface area contributed by atoms with Crippen LogP contribution in [0.4, 0.5) is 16.0 Å². The van der Waals surface area contributed by atoms with E-state index in [1.807, 2.05) is 6.92 Å². The highest BCUT2D eigenvalue weighted by Gasteiger charge is 2.38. The van der Waals surface area contributed by atoms with Crippen molar-refractivity contribution in [1.29, 1.82) is 0 Å². The number of nitrogens with zero attached hydrogens (tertiary/aromatic N) is 4. The molecule has 3 aromatic rings. The molecule has 2 heterocycles. The Morgan fingerprint density at radius 1 is 1.06 bits per heavy atom. The number of aromatic nitrogens is 3. The number of esters is 1. The largest absolute Gasteiger partial charge is 0.494 e. The predicted octanol–water partition coefficient (Wildman–Crippen LogP) is 3.70. The van der Waals surface area contributed by atoms with Crippen LogP contribution in [0.2, 0.25) is 0 Å². The zero-order chi connectivity index (χ0) is 24.9. The highest BCUT2D eigenvalue weighted by molar-refractivity contribution is 5.96. The Morgan fingerprint density at radius 3 is 2.43 bits per heavy atom. The van der Waals surface area contributed by atoms with Gasteiger partial charge in [0.15, 0.2) is 0 Å². The van der Waals surface area contributed by atoms with E-state index in [1.54, 1.807) is 55.1 Å². The zero-order valence-electron chi connectivity index (χ0n) is 19.7. The number of nitrogens with one attached hydrogen (secondary N) is 1. The topological polar surface area (TPSA) is 98.6 Å². The molecule has 0 unspecified atom stereocenters. The SMILES string of the molecule is CCOC(=O)C1=C(C)N(CC(=O)Nc2ccc(OCC)cc2)c2ncnn2[C@@H]1c1ccc(F)cc1. The first kappa shape index (κ1) is 23.9. The van der Waals surface area contributed by atoms with Crippen molar-refractivity contribution in [3.8, 4) is 5.75 Å². The van der Waals surface area contributed by atoms with Crippen LogP contribution in [-0.2, 0) is 14.3 Å². The Labute approximate surface area is 202 Å². The molecule has 1 aliphatic heterocycles. The van der Waals surface area contributed by atoms with E-state index in [0.29, 0.717) is 40.8 Å². The molecule has 182 valence electrons. The minimum absolute atomic E-state index is 0.114. The standard InChI is InChI=1S/C25H26FN5O4/c1-4-34-20-12-10-19(11-13-20)29-21(32)14-30-16(3)22(24(33)35-5-2)23(31-25(30)27-15-28-31)17-6-8-18(26)9-7-17/h6-13,15,23H,4-5,14H2,1-3H3,(H,29,32)/t23-/m1/s1. The van der Waals surface area contributed by atoms with Crippen LogP contribution < -0.4 is 15.0 Å². The van der Waals surface area contributed by atoms with Gasteiger partial charge in [0, 0.05) is 11.4 Å². The first-order valence-electron chi connectivity index (χ1n) is 11.3. The molecule has 0 fully saturated rings. The van der Waals surface area contributed by atoms with Gasteiger partial charge in [0.25, 0.3) is 0 Å². The minimum atomic E-state index is -0.683. The zero-order valence-corrected chi connectivity index (χ0v) is 19.7. The third-order valence-corrected chi connectivity index (χ3v) is 5.54. The predicted molar refractivity (Wildman–Crippen MR) is 127 cm³/mol. The van der Waals surface area contributed by atoms with Gasteiger partial charge in [0.05, 0.1) is 18.8 Å². The average Bonchev–Trinajstić information content (AvgIpc) is 3.32. The van der Waals surface area contributed by atoms with Gasteiger partial charge in [0.2, 0.25) is 11.9 Å². The lowest BCUT2D eigenvalue weighted by Gasteiger charge is -2.35. The molecule has 2 aromatic carbocycles. The first-order chi connectivity index (χ1) is 16.9. The van der Waals surface area contributed by atoms with Crippen molar-refractivity contribution >= 4 is 23.5 Å². The summed E-state index contributed by atoms with van der Waals surface area (Å²) in [6.07, 6.45) is 1.35. The molecule has 0 radical (unpaired) electrons. The molecule has 1 aromatic heterocycles. The number of anilines is 2.